The number of esters is 1. The van der Waals surface area contributed by atoms with Crippen LogP contribution in [0.3, 0.4) is 0 Å². The van der Waals surface area contributed by atoms with Crippen LogP contribution in [0.1, 0.15) is 26.7 Å². The molecule has 0 spiro atoms. The average Bonchev–Trinajstić information content (AvgIpc) is 2.40. The SMILES string of the molecule is COC(=O)CC[C@@H](NC(=O)NCC(C)(C)SC)C(=O)O. The molecular weight excluding hydrogens is 284 g/mol. The molecule has 0 fully saturated rings. The second kappa shape index (κ2) is 8.68. The number of aliphatic carboxylic acids is 1. The highest BCUT2D eigenvalue weighted by atomic mass is 32.2. The summed E-state index contributed by atoms with van der Waals surface area (Å²) in [5.74, 6) is -1.70. The quantitative estimate of drug-likeness (QED) is 0.574. The molecular formula is C12H22N2O5S. The first-order valence-electron chi connectivity index (χ1n) is 6.11. The zero-order valence-corrected chi connectivity index (χ0v) is 13.0. The highest BCUT2D eigenvalue weighted by Gasteiger charge is 2.22. The third kappa shape index (κ3) is 7.88. The molecule has 2 amide bonds. The van der Waals surface area contributed by atoms with Crippen molar-refractivity contribution >= 4 is 29.7 Å². The summed E-state index contributed by atoms with van der Waals surface area (Å²) in [5.41, 5.74) is 0. The van der Waals surface area contributed by atoms with Gasteiger partial charge in [0.05, 0.1) is 7.11 Å². The molecule has 0 aliphatic heterocycles. The Morgan fingerprint density at radius 2 is 1.95 bits per heavy atom. The molecule has 20 heavy (non-hydrogen) atoms. The predicted octanol–water partition coefficient (Wildman–Crippen LogP) is 0.834. The molecule has 0 bridgehead atoms. The van der Waals surface area contributed by atoms with Crippen molar-refractivity contribution in [1.29, 1.82) is 0 Å². The van der Waals surface area contributed by atoms with E-state index < -0.39 is 24.0 Å². The lowest BCUT2D eigenvalue weighted by atomic mass is 10.1. The maximum Gasteiger partial charge on any atom is 0.326 e. The number of carboxylic acid groups (broad SMARTS) is 1. The highest BCUT2D eigenvalue weighted by Crippen LogP contribution is 2.19. The lowest BCUT2D eigenvalue weighted by molar-refractivity contribution is -0.142. The summed E-state index contributed by atoms with van der Waals surface area (Å²) in [4.78, 5) is 33.6. The number of rotatable bonds is 8. The van der Waals surface area contributed by atoms with Crippen molar-refractivity contribution in [3.63, 3.8) is 0 Å². The second-order valence-electron chi connectivity index (χ2n) is 4.80. The first-order chi connectivity index (χ1) is 9.21. The van der Waals surface area contributed by atoms with E-state index in [4.69, 9.17) is 5.11 Å². The normalized spacial score (nSPS) is 12.4. The van der Waals surface area contributed by atoms with Crippen LogP contribution in [0.4, 0.5) is 4.79 Å². The summed E-state index contributed by atoms with van der Waals surface area (Å²) in [5, 5.41) is 13.9. The zero-order chi connectivity index (χ0) is 15.8. The number of carbonyl (C=O) groups excluding carboxylic acids is 2. The van der Waals surface area contributed by atoms with E-state index in [9.17, 15) is 14.4 Å². The third-order valence-electron chi connectivity index (χ3n) is 2.70. The number of hydrogen-bond acceptors (Lipinski definition) is 5. The Kier molecular flexibility index (Phi) is 8.05. The van der Waals surface area contributed by atoms with E-state index in [0.717, 1.165) is 0 Å². The molecule has 8 heteroatoms. The molecule has 0 saturated carbocycles. The van der Waals surface area contributed by atoms with Crippen LogP contribution in [0, 0.1) is 0 Å². The number of amides is 2. The van der Waals surface area contributed by atoms with Crippen LogP contribution >= 0.6 is 11.8 Å². The largest absolute Gasteiger partial charge is 0.480 e. The Morgan fingerprint density at radius 3 is 2.40 bits per heavy atom. The first-order valence-corrected chi connectivity index (χ1v) is 7.33. The highest BCUT2D eigenvalue weighted by molar-refractivity contribution is 7.99. The molecule has 116 valence electrons. The summed E-state index contributed by atoms with van der Waals surface area (Å²) < 4.78 is 4.29. The number of nitrogens with one attached hydrogen (secondary N) is 2. The average molecular weight is 306 g/mol. The van der Waals surface area contributed by atoms with Gasteiger partial charge in [0.1, 0.15) is 6.04 Å². The van der Waals surface area contributed by atoms with Crippen LogP contribution in [-0.4, -0.2) is 53.8 Å². The summed E-state index contributed by atoms with van der Waals surface area (Å²) in [6.45, 7) is 4.33. The van der Waals surface area contributed by atoms with Crippen molar-refractivity contribution < 1.29 is 24.2 Å². The minimum absolute atomic E-state index is 0.0126. The van der Waals surface area contributed by atoms with Crippen molar-refractivity contribution in [2.24, 2.45) is 0 Å². The fourth-order valence-electron chi connectivity index (χ4n) is 1.20. The maximum atomic E-state index is 11.6. The van der Waals surface area contributed by atoms with Gasteiger partial charge in [-0.25, -0.2) is 9.59 Å². The summed E-state index contributed by atoms with van der Waals surface area (Å²) >= 11 is 1.59. The van der Waals surface area contributed by atoms with Gasteiger partial charge in [0.25, 0.3) is 0 Å². The fourth-order valence-corrected chi connectivity index (χ4v) is 1.41. The smallest absolute Gasteiger partial charge is 0.326 e. The zero-order valence-electron chi connectivity index (χ0n) is 12.2. The summed E-state index contributed by atoms with van der Waals surface area (Å²) in [6, 6.07) is -1.68. The van der Waals surface area contributed by atoms with Gasteiger partial charge in [0.15, 0.2) is 0 Å². The van der Waals surface area contributed by atoms with E-state index in [2.05, 4.69) is 15.4 Å². The number of ether oxygens (including phenoxy) is 1. The minimum atomic E-state index is -1.19. The molecule has 1 atom stereocenters. The number of urea groups is 1. The molecule has 0 saturated heterocycles. The van der Waals surface area contributed by atoms with Crippen molar-refractivity contribution in [2.75, 3.05) is 19.9 Å². The van der Waals surface area contributed by atoms with E-state index in [1.54, 1.807) is 11.8 Å². The van der Waals surface area contributed by atoms with Crippen LogP contribution in [0.15, 0.2) is 0 Å². The molecule has 0 aliphatic rings. The van der Waals surface area contributed by atoms with Crippen molar-refractivity contribution in [3.8, 4) is 0 Å². The van der Waals surface area contributed by atoms with E-state index in [0.29, 0.717) is 6.54 Å². The molecule has 0 aromatic rings. The van der Waals surface area contributed by atoms with Crippen LogP contribution in [0.2, 0.25) is 0 Å². The Hall–Kier alpha value is -1.44. The van der Waals surface area contributed by atoms with Gasteiger partial charge in [-0.15, -0.1) is 0 Å². The molecule has 0 unspecified atom stereocenters. The van der Waals surface area contributed by atoms with Crippen molar-refractivity contribution in [2.45, 2.75) is 37.5 Å². The Labute approximate surface area is 122 Å². The lowest BCUT2D eigenvalue weighted by Gasteiger charge is -2.23. The van der Waals surface area contributed by atoms with E-state index in [1.807, 2.05) is 20.1 Å². The van der Waals surface area contributed by atoms with Gasteiger partial charge < -0.3 is 20.5 Å². The first kappa shape index (κ1) is 18.6. The predicted molar refractivity (Wildman–Crippen MR) is 76.8 cm³/mol. The number of thioether (sulfide) groups is 1. The van der Waals surface area contributed by atoms with Crippen LogP contribution in [0.5, 0.6) is 0 Å². The van der Waals surface area contributed by atoms with Crippen molar-refractivity contribution in [3.05, 3.63) is 0 Å². The topological polar surface area (TPSA) is 105 Å². The number of methoxy groups -OCH3 is 1. The van der Waals surface area contributed by atoms with Crippen molar-refractivity contribution in [1.82, 2.24) is 10.6 Å². The lowest BCUT2D eigenvalue weighted by Crippen LogP contribution is -2.48. The molecule has 0 aromatic carbocycles. The van der Waals surface area contributed by atoms with Gasteiger partial charge in [0.2, 0.25) is 0 Å². The van der Waals surface area contributed by atoms with E-state index in [1.165, 1.54) is 7.11 Å². The monoisotopic (exact) mass is 306 g/mol. The second-order valence-corrected chi connectivity index (χ2v) is 6.31. The summed E-state index contributed by atoms with van der Waals surface area (Å²) in [6.07, 6.45) is 1.85. The molecule has 0 heterocycles. The molecule has 0 rings (SSSR count). The van der Waals surface area contributed by atoms with E-state index >= 15 is 0 Å². The van der Waals surface area contributed by atoms with Crippen LogP contribution in [0.25, 0.3) is 0 Å². The van der Waals surface area contributed by atoms with Gasteiger partial charge in [-0.05, 0) is 26.5 Å². The molecule has 0 aliphatic carbocycles. The summed E-state index contributed by atoms with van der Waals surface area (Å²) in [7, 11) is 1.22. The molecule has 0 radical (unpaired) electrons. The Balaban J connectivity index is 4.28. The van der Waals surface area contributed by atoms with Crippen LogP contribution in [-0.2, 0) is 14.3 Å². The molecule has 3 N–H and O–H groups in total. The maximum absolute atomic E-state index is 11.6. The fraction of sp³-hybridized carbons (Fsp3) is 0.750. The van der Waals surface area contributed by atoms with Gasteiger partial charge in [-0.1, -0.05) is 0 Å². The minimum Gasteiger partial charge on any atom is -0.480 e. The molecule has 7 nitrogen and oxygen atoms in total. The third-order valence-corrected chi connectivity index (χ3v) is 3.94. The van der Waals surface area contributed by atoms with Gasteiger partial charge in [-0.2, -0.15) is 11.8 Å². The Morgan fingerprint density at radius 1 is 1.35 bits per heavy atom. The number of hydrogen-bond donors (Lipinski definition) is 3. The molecule has 0 aromatic heterocycles. The van der Waals surface area contributed by atoms with E-state index in [-0.39, 0.29) is 17.6 Å². The van der Waals surface area contributed by atoms with Gasteiger partial charge >= 0.3 is 18.0 Å². The Bertz CT molecular complexity index is 360. The van der Waals surface area contributed by atoms with Gasteiger partial charge in [0, 0.05) is 17.7 Å². The van der Waals surface area contributed by atoms with Gasteiger partial charge in [-0.3, -0.25) is 4.79 Å². The standard InChI is InChI=1S/C12H22N2O5S/c1-12(2,20-4)7-13-11(18)14-8(10(16)17)5-6-9(15)19-3/h8H,5-7H2,1-4H3,(H,16,17)(H2,13,14,18)/t8-/m1/s1. The van der Waals surface area contributed by atoms with Crippen LogP contribution < -0.4 is 10.6 Å². The number of carbonyl (C=O) groups is 3. The number of carboxylic acids is 1.